The van der Waals surface area contributed by atoms with Gasteiger partial charge >= 0.3 is 0 Å². The Balaban J connectivity index is 1.90. The van der Waals surface area contributed by atoms with Gasteiger partial charge in [0.1, 0.15) is 0 Å². The van der Waals surface area contributed by atoms with E-state index < -0.39 is 0 Å². The van der Waals surface area contributed by atoms with Crippen LogP contribution in [0.5, 0.6) is 0 Å². The van der Waals surface area contributed by atoms with Crippen LogP contribution in [0.1, 0.15) is 26.7 Å². The Morgan fingerprint density at radius 2 is 2.36 bits per heavy atom. The third-order valence-electron chi connectivity index (χ3n) is 3.55. The predicted molar refractivity (Wildman–Crippen MR) is 55.9 cm³/mol. The molecule has 1 saturated carbocycles. The summed E-state index contributed by atoms with van der Waals surface area (Å²) in [6, 6.07) is 0.384. The summed E-state index contributed by atoms with van der Waals surface area (Å²) in [7, 11) is 0. The van der Waals surface area contributed by atoms with Crippen LogP contribution in [-0.2, 0) is 4.79 Å². The average Bonchev–Trinajstić information content (AvgIpc) is 2.96. The van der Waals surface area contributed by atoms with E-state index in [4.69, 9.17) is 0 Å². The summed E-state index contributed by atoms with van der Waals surface area (Å²) < 4.78 is 0. The third-order valence-corrected chi connectivity index (χ3v) is 3.55. The molecular weight excluding hydrogens is 176 g/mol. The van der Waals surface area contributed by atoms with Crippen LogP contribution < -0.4 is 5.32 Å². The fourth-order valence-corrected chi connectivity index (χ4v) is 2.38. The van der Waals surface area contributed by atoms with Crippen molar-refractivity contribution >= 4 is 5.91 Å². The number of amides is 1. The zero-order valence-corrected chi connectivity index (χ0v) is 9.12. The molecule has 3 heteroatoms. The number of piperazine rings is 1. The van der Waals surface area contributed by atoms with Gasteiger partial charge in [-0.15, -0.1) is 0 Å². The first kappa shape index (κ1) is 9.97. The van der Waals surface area contributed by atoms with E-state index >= 15 is 0 Å². The molecule has 2 aliphatic rings. The molecule has 2 rings (SSSR count). The summed E-state index contributed by atoms with van der Waals surface area (Å²) in [5.74, 6) is 1.45. The summed E-state index contributed by atoms with van der Waals surface area (Å²) >= 11 is 0. The molecule has 1 amide bonds. The maximum absolute atomic E-state index is 12.0. The lowest BCUT2D eigenvalue weighted by Gasteiger charge is -2.34. The molecule has 0 aromatic carbocycles. The van der Waals surface area contributed by atoms with Crippen molar-refractivity contribution in [2.75, 3.05) is 19.6 Å². The topological polar surface area (TPSA) is 32.3 Å². The van der Waals surface area contributed by atoms with Crippen LogP contribution >= 0.6 is 0 Å². The second-order valence-electron chi connectivity index (χ2n) is 4.60. The second kappa shape index (κ2) is 3.89. The van der Waals surface area contributed by atoms with Gasteiger partial charge in [0.25, 0.3) is 0 Å². The molecule has 0 aromatic heterocycles. The Hall–Kier alpha value is -0.570. The predicted octanol–water partition coefficient (Wildman–Crippen LogP) is 0.853. The Morgan fingerprint density at radius 3 is 2.93 bits per heavy atom. The molecule has 80 valence electrons. The Morgan fingerprint density at radius 1 is 1.57 bits per heavy atom. The van der Waals surface area contributed by atoms with Gasteiger partial charge in [0.15, 0.2) is 0 Å². The van der Waals surface area contributed by atoms with Gasteiger partial charge in [0.05, 0.1) is 0 Å². The zero-order valence-electron chi connectivity index (χ0n) is 9.12. The van der Waals surface area contributed by atoms with Crippen molar-refractivity contribution in [2.45, 2.75) is 32.7 Å². The molecule has 1 saturated heterocycles. The lowest BCUT2D eigenvalue weighted by molar-refractivity contribution is -0.135. The van der Waals surface area contributed by atoms with Crippen LogP contribution in [0.4, 0.5) is 0 Å². The minimum atomic E-state index is 0.362. The minimum absolute atomic E-state index is 0.362. The van der Waals surface area contributed by atoms with Gasteiger partial charge in [-0.3, -0.25) is 4.79 Å². The van der Waals surface area contributed by atoms with Gasteiger partial charge in [-0.25, -0.2) is 0 Å². The number of carbonyl (C=O) groups excluding carboxylic acids is 1. The highest BCUT2D eigenvalue weighted by molar-refractivity contribution is 5.82. The van der Waals surface area contributed by atoms with E-state index in [0.29, 0.717) is 23.8 Å². The number of nitrogens with one attached hydrogen (secondary N) is 1. The van der Waals surface area contributed by atoms with Crippen molar-refractivity contribution in [3.8, 4) is 0 Å². The molecule has 1 heterocycles. The number of nitrogens with zero attached hydrogens (tertiary/aromatic N) is 1. The van der Waals surface area contributed by atoms with Crippen LogP contribution in [0, 0.1) is 11.8 Å². The fourth-order valence-electron chi connectivity index (χ4n) is 2.38. The van der Waals surface area contributed by atoms with E-state index in [9.17, 15) is 4.79 Å². The highest BCUT2D eigenvalue weighted by atomic mass is 16.2. The molecule has 1 aliphatic heterocycles. The first-order chi connectivity index (χ1) is 6.74. The van der Waals surface area contributed by atoms with Gasteiger partial charge in [-0.1, -0.05) is 13.3 Å². The average molecular weight is 196 g/mol. The van der Waals surface area contributed by atoms with Crippen molar-refractivity contribution in [3.05, 3.63) is 0 Å². The van der Waals surface area contributed by atoms with Gasteiger partial charge in [0.2, 0.25) is 5.91 Å². The maximum Gasteiger partial charge on any atom is 0.226 e. The monoisotopic (exact) mass is 196 g/mol. The third kappa shape index (κ3) is 1.78. The summed E-state index contributed by atoms with van der Waals surface area (Å²) in [6.45, 7) is 7.12. The summed E-state index contributed by atoms with van der Waals surface area (Å²) in [6.07, 6.45) is 2.29. The van der Waals surface area contributed by atoms with Crippen LogP contribution in [0.3, 0.4) is 0 Å². The number of hydrogen-bond donors (Lipinski definition) is 1. The zero-order chi connectivity index (χ0) is 10.1. The molecule has 2 fully saturated rings. The standard InChI is InChI=1S/C11H20N2O/c1-3-9-6-10(9)11(14)13-5-4-12-7-8(13)2/h8-10,12H,3-7H2,1-2H3/t8-,9?,10?/m1/s1. The summed E-state index contributed by atoms with van der Waals surface area (Å²) in [5.41, 5.74) is 0. The minimum Gasteiger partial charge on any atom is -0.337 e. The van der Waals surface area contributed by atoms with Crippen molar-refractivity contribution in [1.82, 2.24) is 10.2 Å². The lowest BCUT2D eigenvalue weighted by Crippen LogP contribution is -2.52. The second-order valence-corrected chi connectivity index (χ2v) is 4.60. The maximum atomic E-state index is 12.0. The molecule has 0 radical (unpaired) electrons. The van der Waals surface area contributed by atoms with E-state index in [1.54, 1.807) is 0 Å². The molecule has 0 aromatic rings. The fraction of sp³-hybridized carbons (Fsp3) is 0.909. The molecule has 3 atom stereocenters. The quantitative estimate of drug-likeness (QED) is 0.710. The van der Waals surface area contributed by atoms with Gasteiger partial charge in [-0.2, -0.15) is 0 Å². The number of rotatable bonds is 2. The van der Waals surface area contributed by atoms with E-state index in [1.807, 2.05) is 0 Å². The van der Waals surface area contributed by atoms with Crippen LogP contribution in [0.15, 0.2) is 0 Å². The number of hydrogen-bond acceptors (Lipinski definition) is 2. The molecule has 0 bridgehead atoms. The highest BCUT2D eigenvalue weighted by Gasteiger charge is 2.44. The number of carbonyl (C=O) groups is 1. The highest BCUT2D eigenvalue weighted by Crippen LogP contribution is 2.42. The lowest BCUT2D eigenvalue weighted by atomic mass is 10.1. The van der Waals surface area contributed by atoms with E-state index in [-0.39, 0.29) is 0 Å². The Bertz CT molecular complexity index is 229. The van der Waals surface area contributed by atoms with Gasteiger partial charge < -0.3 is 10.2 Å². The Labute approximate surface area is 85.8 Å². The molecule has 1 aliphatic carbocycles. The van der Waals surface area contributed by atoms with Crippen molar-refractivity contribution in [3.63, 3.8) is 0 Å². The van der Waals surface area contributed by atoms with Gasteiger partial charge in [0, 0.05) is 31.6 Å². The molecule has 1 N–H and O–H groups in total. The molecule has 3 nitrogen and oxygen atoms in total. The SMILES string of the molecule is CCC1CC1C(=O)N1CCNC[C@H]1C. The first-order valence-electron chi connectivity index (χ1n) is 5.75. The normalized spacial score (nSPS) is 37.0. The largest absolute Gasteiger partial charge is 0.337 e. The van der Waals surface area contributed by atoms with E-state index in [2.05, 4.69) is 24.1 Å². The van der Waals surface area contributed by atoms with E-state index in [0.717, 1.165) is 32.5 Å². The molecule has 2 unspecified atom stereocenters. The molecular formula is C11H20N2O. The first-order valence-corrected chi connectivity index (χ1v) is 5.75. The smallest absolute Gasteiger partial charge is 0.226 e. The van der Waals surface area contributed by atoms with Gasteiger partial charge in [-0.05, 0) is 19.3 Å². The van der Waals surface area contributed by atoms with Crippen molar-refractivity contribution in [2.24, 2.45) is 11.8 Å². The van der Waals surface area contributed by atoms with Crippen LogP contribution in [-0.4, -0.2) is 36.5 Å². The molecule has 0 spiro atoms. The molecule has 14 heavy (non-hydrogen) atoms. The van der Waals surface area contributed by atoms with Crippen LogP contribution in [0.2, 0.25) is 0 Å². The van der Waals surface area contributed by atoms with Crippen molar-refractivity contribution in [1.29, 1.82) is 0 Å². The van der Waals surface area contributed by atoms with E-state index in [1.165, 1.54) is 0 Å². The van der Waals surface area contributed by atoms with Crippen molar-refractivity contribution < 1.29 is 4.79 Å². The Kier molecular flexibility index (Phi) is 2.77. The van der Waals surface area contributed by atoms with Crippen LogP contribution in [0.25, 0.3) is 0 Å². The summed E-state index contributed by atoms with van der Waals surface area (Å²) in [4.78, 5) is 14.1. The summed E-state index contributed by atoms with van der Waals surface area (Å²) in [5, 5.41) is 3.31.